The van der Waals surface area contributed by atoms with E-state index < -0.39 is 11.7 Å². The van der Waals surface area contributed by atoms with Gasteiger partial charge in [0, 0.05) is 5.56 Å². The lowest BCUT2D eigenvalue weighted by molar-refractivity contribution is -0.137. The van der Waals surface area contributed by atoms with E-state index in [0.717, 1.165) is 12.1 Å². The minimum absolute atomic E-state index is 0.0287. The second-order valence-corrected chi connectivity index (χ2v) is 8.21. The van der Waals surface area contributed by atoms with Gasteiger partial charge in [0.1, 0.15) is 11.5 Å². The van der Waals surface area contributed by atoms with Crippen LogP contribution in [0.4, 0.5) is 24.8 Å². The highest BCUT2D eigenvalue weighted by Gasteiger charge is 2.30. The molecule has 0 saturated carbocycles. The Kier molecular flexibility index (Phi) is 8.19. The van der Waals surface area contributed by atoms with Crippen molar-refractivity contribution in [2.75, 3.05) is 5.43 Å². The van der Waals surface area contributed by atoms with Crippen molar-refractivity contribution in [1.82, 2.24) is 15.0 Å². The molecular weight excluding hydrogens is 535 g/mol. The van der Waals surface area contributed by atoms with E-state index in [4.69, 9.17) is 9.47 Å². The van der Waals surface area contributed by atoms with Crippen LogP contribution in [-0.2, 0) is 6.18 Å². The molecule has 9 nitrogen and oxygen atoms in total. The monoisotopic (exact) mass is 555 g/mol. The predicted molar refractivity (Wildman–Crippen MR) is 145 cm³/mol. The van der Waals surface area contributed by atoms with Crippen LogP contribution in [-0.4, -0.2) is 20.8 Å². The van der Waals surface area contributed by atoms with Gasteiger partial charge in [0.05, 0.1) is 11.3 Å². The van der Waals surface area contributed by atoms with Crippen molar-refractivity contribution in [2.45, 2.75) is 6.18 Å². The topological polar surface area (TPSA) is 106 Å². The maximum absolute atomic E-state index is 13.1. The molecule has 0 saturated heterocycles. The van der Waals surface area contributed by atoms with Gasteiger partial charge in [0.2, 0.25) is 5.84 Å². The number of benzene rings is 4. The van der Waals surface area contributed by atoms with Gasteiger partial charge in [-0.1, -0.05) is 66.7 Å². The van der Waals surface area contributed by atoms with E-state index in [0.29, 0.717) is 17.2 Å². The Balaban J connectivity index is 1.48. The normalized spacial score (nSPS) is 11.8. The van der Waals surface area contributed by atoms with E-state index in [9.17, 15) is 13.2 Å². The molecule has 41 heavy (non-hydrogen) atoms. The Morgan fingerprint density at radius 1 is 0.634 bits per heavy atom. The smallest absolute Gasteiger partial charge is 0.416 e. The molecule has 0 radical (unpaired) electrons. The Morgan fingerprint density at radius 3 is 1.66 bits per heavy atom. The summed E-state index contributed by atoms with van der Waals surface area (Å²) in [4.78, 5) is 12.7. The molecule has 0 atom stereocenters. The molecule has 1 heterocycles. The number of anilines is 1. The van der Waals surface area contributed by atoms with Gasteiger partial charge < -0.3 is 9.47 Å². The first kappa shape index (κ1) is 26.9. The van der Waals surface area contributed by atoms with Crippen LogP contribution < -0.4 is 14.9 Å². The molecule has 0 aliphatic carbocycles. The fourth-order valence-electron chi connectivity index (χ4n) is 3.32. The Hall–Kier alpha value is -5.65. The number of para-hydroxylation sites is 2. The zero-order chi connectivity index (χ0) is 28.5. The van der Waals surface area contributed by atoms with Crippen LogP contribution in [0.1, 0.15) is 11.1 Å². The summed E-state index contributed by atoms with van der Waals surface area (Å²) in [5.74, 6) is 0.845. The molecular formula is C29H20F3N7O2. The number of amidine groups is 1. The third kappa shape index (κ3) is 7.69. The first-order valence-electron chi connectivity index (χ1n) is 12.1. The zero-order valence-corrected chi connectivity index (χ0v) is 21.1. The number of ether oxygens (including phenoxy) is 2. The highest BCUT2D eigenvalue weighted by atomic mass is 19.4. The number of hydrogen-bond acceptors (Lipinski definition) is 8. The van der Waals surface area contributed by atoms with Crippen molar-refractivity contribution in [3.8, 4) is 23.5 Å². The molecule has 0 bridgehead atoms. The fraction of sp³-hybridized carbons (Fsp3) is 0.0345. The highest BCUT2D eigenvalue weighted by Crippen LogP contribution is 2.29. The van der Waals surface area contributed by atoms with Gasteiger partial charge in [0.15, 0.2) is 0 Å². The lowest BCUT2D eigenvalue weighted by atomic mass is 10.1. The molecule has 5 aromatic rings. The second-order valence-electron chi connectivity index (χ2n) is 8.21. The molecule has 0 fully saturated rings. The van der Waals surface area contributed by atoms with E-state index in [1.807, 2.05) is 18.2 Å². The summed E-state index contributed by atoms with van der Waals surface area (Å²) in [5.41, 5.74) is 2.64. The van der Waals surface area contributed by atoms with Crippen LogP contribution in [0.15, 0.2) is 131 Å². The number of hydrazone groups is 1. The second kappa shape index (κ2) is 12.5. The number of azo groups is 1. The zero-order valence-electron chi connectivity index (χ0n) is 21.1. The van der Waals surface area contributed by atoms with E-state index in [1.165, 1.54) is 12.1 Å². The van der Waals surface area contributed by atoms with Gasteiger partial charge in [-0.25, -0.2) is 5.43 Å². The summed E-state index contributed by atoms with van der Waals surface area (Å²) in [6.45, 7) is 0. The average Bonchev–Trinajstić information content (AvgIpc) is 2.98. The number of alkyl halides is 3. The van der Waals surface area contributed by atoms with Gasteiger partial charge >= 0.3 is 18.2 Å². The van der Waals surface area contributed by atoms with E-state index in [-0.39, 0.29) is 29.4 Å². The quantitative estimate of drug-likeness (QED) is 0.0899. The summed E-state index contributed by atoms with van der Waals surface area (Å²) in [5, 5.41) is 12.5. The predicted octanol–water partition coefficient (Wildman–Crippen LogP) is 8.03. The molecule has 0 unspecified atom stereocenters. The summed E-state index contributed by atoms with van der Waals surface area (Å²) < 4.78 is 50.9. The molecule has 0 aliphatic rings. The van der Waals surface area contributed by atoms with Crippen molar-refractivity contribution in [3.63, 3.8) is 0 Å². The fourth-order valence-corrected chi connectivity index (χ4v) is 3.32. The molecule has 1 aromatic heterocycles. The summed E-state index contributed by atoms with van der Waals surface area (Å²) in [7, 11) is 0. The third-order valence-electron chi connectivity index (χ3n) is 5.25. The van der Waals surface area contributed by atoms with Crippen LogP contribution in [0.5, 0.6) is 23.5 Å². The van der Waals surface area contributed by atoms with Crippen molar-refractivity contribution >= 4 is 17.5 Å². The molecule has 0 aliphatic heterocycles. The molecule has 204 valence electrons. The van der Waals surface area contributed by atoms with E-state index in [1.54, 1.807) is 72.8 Å². The number of nitrogens with one attached hydrogen (secondary N) is 1. The van der Waals surface area contributed by atoms with E-state index >= 15 is 0 Å². The molecule has 12 heteroatoms. The highest BCUT2D eigenvalue weighted by molar-refractivity contribution is 5.99. The Labute approximate surface area is 232 Å². The van der Waals surface area contributed by atoms with Crippen molar-refractivity contribution in [2.24, 2.45) is 15.3 Å². The third-order valence-corrected chi connectivity index (χ3v) is 5.25. The number of nitrogens with zero attached hydrogens (tertiary/aromatic N) is 6. The minimum Gasteiger partial charge on any atom is -0.424 e. The maximum atomic E-state index is 13.1. The average molecular weight is 556 g/mol. The SMILES string of the molecule is FC(F)(F)c1ccc(/C(N=Nc2ccccc2)=N\Nc2nc(Oc3ccccc3)nc(Oc3ccccc3)n2)cc1. The lowest BCUT2D eigenvalue weighted by Gasteiger charge is -2.09. The van der Waals surface area contributed by atoms with Crippen molar-refractivity contribution in [3.05, 3.63) is 126 Å². The van der Waals surface area contributed by atoms with E-state index in [2.05, 4.69) is 35.7 Å². The number of halogens is 3. The summed E-state index contributed by atoms with van der Waals surface area (Å²) in [6.07, 6.45) is -4.49. The number of hydrogen-bond donors (Lipinski definition) is 1. The van der Waals surface area contributed by atoms with Crippen LogP contribution in [0.25, 0.3) is 0 Å². The molecule has 0 amide bonds. The largest absolute Gasteiger partial charge is 0.424 e. The summed E-state index contributed by atoms with van der Waals surface area (Å²) >= 11 is 0. The van der Waals surface area contributed by atoms with Gasteiger partial charge in [-0.3, -0.25) is 0 Å². The molecule has 5 rings (SSSR count). The van der Waals surface area contributed by atoms with Crippen LogP contribution >= 0.6 is 0 Å². The van der Waals surface area contributed by atoms with Crippen molar-refractivity contribution in [1.29, 1.82) is 0 Å². The van der Waals surface area contributed by atoms with Crippen molar-refractivity contribution < 1.29 is 22.6 Å². The molecule has 4 aromatic carbocycles. The molecule has 0 spiro atoms. The minimum atomic E-state index is -4.49. The van der Waals surface area contributed by atoms with Crippen LogP contribution in [0.3, 0.4) is 0 Å². The van der Waals surface area contributed by atoms with Crippen LogP contribution in [0.2, 0.25) is 0 Å². The number of rotatable bonds is 8. The first-order valence-corrected chi connectivity index (χ1v) is 12.1. The van der Waals surface area contributed by atoms with Gasteiger partial charge in [-0.2, -0.15) is 28.2 Å². The Bertz CT molecular complexity index is 1570. The molecule has 1 N–H and O–H groups in total. The van der Waals surface area contributed by atoms with Crippen LogP contribution in [0, 0.1) is 0 Å². The first-order chi connectivity index (χ1) is 19.9. The van der Waals surface area contributed by atoms with Gasteiger partial charge in [0.25, 0.3) is 5.95 Å². The number of aromatic nitrogens is 3. The Morgan fingerprint density at radius 2 is 1.15 bits per heavy atom. The lowest BCUT2D eigenvalue weighted by Crippen LogP contribution is -2.08. The maximum Gasteiger partial charge on any atom is 0.416 e. The summed E-state index contributed by atoms with van der Waals surface area (Å²) in [6, 6.07) is 30.7. The van der Waals surface area contributed by atoms with Gasteiger partial charge in [-0.05, 0) is 48.5 Å². The standard InChI is InChI=1S/C29H20F3N7O2/c30-29(31,32)21-18-16-20(17-19-21)25(37-36-22-10-4-1-5-11-22)38-39-26-33-27(40-23-12-6-2-7-13-23)35-28(34-26)41-24-14-8-3-9-15-24/h1-19H,(H,33,34,35,39)/b37-36?,38-25+. The van der Waals surface area contributed by atoms with Gasteiger partial charge in [-0.15, -0.1) is 15.2 Å².